The van der Waals surface area contributed by atoms with E-state index in [2.05, 4.69) is 43.5 Å². The van der Waals surface area contributed by atoms with Crippen LogP contribution in [0.25, 0.3) is 0 Å². The van der Waals surface area contributed by atoms with Crippen molar-refractivity contribution in [3.63, 3.8) is 0 Å². The standard InChI is InChI=1S/C6H13N2S/c1-8(2,3)5-4-7-6-9/h4-5H2,1-3H3/q+1. The lowest BCUT2D eigenvalue weighted by Gasteiger charge is -2.22. The van der Waals surface area contributed by atoms with Crippen LogP contribution in [-0.4, -0.2) is 43.9 Å². The van der Waals surface area contributed by atoms with Crippen molar-refractivity contribution in [3.05, 3.63) is 0 Å². The van der Waals surface area contributed by atoms with Gasteiger partial charge in [-0.2, -0.15) is 0 Å². The first-order chi connectivity index (χ1) is 4.06. The normalized spacial score (nSPS) is 10.6. The topological polar surface area (TPSA) is 12.4 Å². The van der Waals surface area contributed by atoms with Crippen LogP contribution >= 0.6 is 12.2 Å². The highest BCUT2D eigenvalue weighted by Gasteiger charge is 2.03. The minimum atomic E-state index is 0.785. The average Bonchev–Trinajstić information content (AvgIpc) is 1.63. The summed E-state index contributed by atoms with van der Waals surface area (Å²) in [6.45, 7) is 1.80. The van der Waals surface area contributed by atoms with E-state index in [1.165, 1.54) is 0 Å². The Kier molecular flexibility index (Phi) is 3.62. The SMILES string of the molecule is C[N+](C)(C)CCN=C=S. The number of hydrogen-bond donors (Lipinski definition) is 0. The molecule has 0 aromatic carbocycles. The molecule has 0 unspecified atom stereocenters. The molecule has 0 bridgehead atoms. The molecule has 0 radical (unpaired) electrons. The highest BCUT2D eigenvalue weighted by molar-refractivity contribution is 7.78. The second-order valence-corrected chi connectivity index (χ2v) is 3.17. The predicted molar refractivity (Wildman–Crippen MR) is 42.8 cm³/mol. The number of aliphatic imine (C=N–C) groups is 1. The Morgan fingerprint density at radius 3 is 2.33 bits per heavy atom. The Balaban J connectivity index is 3.39. The van der Waals surface area contributed by atoms with Crippen LogP contribution < -0.4 is 0 Å². The van der Waals surface area contributed by atoms with Crippen molar-refractivity contribution >= 4 is 17.4 Å². The molecular formula is C6H13N2S+. The number of hydrogen-bond acceptors (Lipinski definition) is 2. The fraction of sp³-hybridized carbons (Fsp3) is 0.833. The van der Waals surface area contributed by atoms with Gasteiger partial charge in [-0.15, -0.1) is 0 Å². The second-order valence-electron chi connectivity index (χ2n) is 2.99. The van der Waals surface area contributed by atoms with E-state index in [1.807, 2.05) is 0 Å². The van der Waals surface area contributed by atoms with Gasteiger partial charge < -0.3 is 4.48 Å². The van der Waals surface area contributed by atoms with E-state index in [-0.39, 0.29) is 0 Å². The van der Waals surface area contributed by atoms with E-state index < -0.39 is 0 Å². The molecule has 0 heterocycles. The Bertz CT molecular complexity index is 120. The lowest BCUT2D eigenvalue weighted by molar-refractivity contribution is -0.868. The predicted octanol–water partition coefficient (Wildman–Crippen LogP) is 0.795. The highest BCUT2D eigenvalue weighted by atomic mass is 32.1. The second kappa shape index (κ2) is 3.72. The summed E-state index contributed by atoms with van der Waals surface area (Å²) in [7, 11) is 6.37. The van der Waals surface area contributed by atoms with Crippen molar-refractivity contribution in [2.75, 3.05) is 34.2 Å². The molecule has 2 nitrogen and oxygen atoms in total. The number of thiocarbonyl (C=S) groups is 1. The fourth-order valence-electron chi connectivity index (χ4n) is 0.396. The van der Waals surface area contributed by atoms with E-state index >= 15 is 0 Å². The molecule has 0 atom stereocenters. The minimum Gasteiger partial charge on any atom is -0.329 e. The Labute approximate surface area is 61.8 Å². The molecule has 0 saturated heterocycles. The number of nitrogens with zero attached hydrogens (tertiary/aromatic N) is 2. The van der Waals surface area contributed by atoms with Gasteiger partial charge in [0.05, 0.1) is 39.4 Å². The monoisotopic (exact) mass is 145 g/mol. The summed E-state index contributed by atoms with van der Waals surface area (Å²) >= 11 is 4.42. The maximum Gasteiger partial charge on any atom is 0.0987 e. The van der Waals surface area contributed by atoms with E-state index in [0.717, 1.165) is 17.6 Å². The molecule has 0 aromatic rings. The number of quaternary nitrogens is 1. The Morgan fingerprint density at radius 2 is 2.00 bits per heavy atom. The molecule has 9 heavy (non-hydrogen) atoms. The van der Waals surface area contributed by atoms with Gasteiger partial charge in [0.15, 0.2) is 0 Å². The summed E-state index contributed by atoms with van der Waals surface area (Å²) < 4.78 is 0.931. The summed E-state index contributed by atoms with van der Waals surface area (Å²) in [4.78, 5) is 3.81. The maximum absolute atomic E-state index is 4.42. The van der Waals surface area contributed by atoms with E-state index in [0.29, 0.717) is 0 Å². The highest BCUT2D eigenvalue weighted by Crippen LogP contribution is 1.87. The van der Waals surface area contributed by atoms with Gasteiger partial charge in [0.1, 0.15) is 0 Å². The van der Waals surface area contributed by atoms with Crippen LogP contribution in [-0.2, 0) is 0 Å². The first-order valence-corrected chi connectivity index (χ1v) is 3.31. The third kappa shape index (κ3) is 7.76. The molecule has 0 aliphatic rings. The van der Waals surface area contributed by atoms with Crippen molar-refractivity contribution in [2.24, 2.45) is 4.99 Å². The van der Waals surface area contributed by atoms with Gasteiger partial charge in [0.2, 0.25) is 0 Å². The summed E-state index contributed by atoms with van der Waals surface area (Å²) in [6, 6.07) is 0. The maximum atomic E-state index is 4.42. The van der Waals surface area contributed by atoms with Crippen molar-refractivity contribution < 1.29 is 4.48 Å². The van der Waals surface area contributed by atoms with Crippen molar-refractivity contribution in [1.82, 2.24) is 0 Å². The van der Waals surface area contributed by atoms with Crippen LogP contribution in [0.1, 0.15) is 0 Å². The quantitative estimate of drug-likeness (QED) is 0.325. The van der Waals surface area contributed by atoms with E-state index in [4.69, 9.17) is 0 Å². The first-order valence-electron chi connectivity index (χ1n) is 2.90. The van der Waals surface area contributed by atoms with Gasteiger partial charge in [0, 0.05) is 0 Å². The molecule has 0 aliphatic carbocycles. The lowest BCUT2D eigenvalue weighted by atomic mass is 10.5. The average molecular weight is 145 g/mol. The lowest BCUT2D eigenvalue weighted by Crippen LogP contribution is -2.36. The molecule has 3 heteroatoms. The molecular weight excluding hydrogens is 132 g/mol. The molecule has 0 spiro atoms. The van der Waals surface area contributed by atoms with Crippen LogP contribution in [0.5, 0.6) is 0 Å². The van der Waals surface area contributed by atoms with Gasteiger partial charge >= 0.3 is 0 Å². The van der Waals surface area contributed by atoms with Crippen LogP contribution in [0.2, 0.25) is 0 Å². The molecule has 0 saturated carbocycles. The zero-order valence-corrected chi connectivity index (χ0v) is 7.03. The van der Waals surface area contributed by atoms with Gasteiger partial charge in [-0.3, -0.25) is 0 Å². The van der Waals surface area contributed by atoms with Gasteiger partial charge in [-0.05, 0) is 12.2 Å². The smallest absolute Gasteiger partial charge is 0.0987 e. The summed E-state index contributed by atoms with van der Waals surface area (Å²) in [5.74, 6) is 0. The van der Waals surface area contributed by atoms with Crippen LogP contribution in [0.3, 0.4) is 0 Å². The van der Waals surface area contributed by atoms with E-state index in [1.54, 1.807) is 0 Å². The third-order valence-corrected chi connectivity index (χ3v) is 1.08. The zero-order chi connectivity index (χ0) is 7.33. The van der Waals surface area contributed by atoms with Crippen molar-refractivity contribution in [2.45, 2.75) is 0 Å². The number of likely N-dealkylation sites (N-methyl/N-ethyl adjacent to an activating group) is 1. The zero-order valence-electron chi connectivity index (χ0n) is 6.22. The Morgan fingerprint density at radius 1 is 1.44 bits per heavy atom. The van der Waals surface area contributed by atoms with Gasteiger partial charge in [-0.25, -0.2) is 4.99 Å². The first kappa shape index (κ1) is 8.76. The minimum absolute atomic E-state index is 0.785. The van der Waals surface area contributed by atoms with Crippen LogP contribution in [0, 0.1) is 0 Å². The molecule has 0 amide bonds. The summed E-state index contributed by atoms with van der Waals surface area (Å²) in [5, 5.41) is 2.34. The molecule has 0 N–H and O–H groups in total. The molecule has 0 aliphatic heterocycles. The Hall–Kier alpha value is -0.240. The fourth-order valence-corrected chi connectivity index (χ4v) is 0.487. The summed E-state index contributed by atoms with van der Waals surface area (Å²) in [5.41, 5.74) is 0. The van der Waals surface area contributed by atoms with E-state index in [9.17, 15) is 0 Å². The number of rotatable bonds is 3. The van der Waals surface area contributed by atoms with Gasteiger partial charge in [0.25, 0.3) is 0 Å². The van der Waals surface area contributed by atoms with Crippen molar-refractivity contribution in [3.8, 4) is 0 Å². The van der Waals surface area contributed by atoms with Crippen LogP contribution in [0.15, 0.2) is 4.99 Å². The number of isothiocyanates is 1. The third-order valence-electron chi connectivity index (χ3n) is 0.947. The largest absolute Gasteiger partial charge is 0.329 e. The summed E-state index contributed by atoms with van der Waals surface area (Å²) in [6.07, 6.45) is 0. The van der Waals surface area contributed by atoms with Crippen LogP contribution in [0.4, 0.5) is 0 Å². The molecule has 0 fully saturated rings. The van der Waals surface area contributed by atoms with Crippen molar-refractivity contribution in [1.29, 1.82) is 0 Å². The van der Waals surface area contributed by atoms with Gasteiger partial charge in [-0.1, -0.05) is 0 Å². The molecule has 0 aromatic heterocycles. The molecule has 0 rings (SSSR count). The molecule has 52 valence electrons.